The molecule has 0 aromatic heterocycles. The SMILES string of the molecule is CC1(C)CNC(=O)C(CO)N1C1CCCCCC1. The number of nitrogens with one attached hydrogen (secondary N) is 1. The summed E-state index contributed by atoms with van der Waals surface area (Å²) in [5, 5.41) is 12.5. The van der Waals surface area contributed by atoms with Crippen LogP contribution in [0.4, 0.5) is 0 Å². The van der Waals surface area contributed by atoms with Crippen LogP contribution in [-0.2, 0) is 4.79 Å². The molecule has 0 aromatic rings. The van der Waals surface area contributed by atoms with E-state index in [1.165, 1.54) is 25.7 Å². The van der Waals surface area contributed by atoms with E-state index in [2.05, 4.69) is 24.1 Å². The van der Waals surface area contributed by atoms with Crippen molar-refractivity contribution >= 4 is 5.91 Å². The summed E-state index contributed by atoms with van der Waals surface area (Å²) in [6.45, 7) is 4.94. The molecular formula is C14H26N2O2. The lowest BCUT2D eigenvalue weighted by atomic mass is 9.90. The minimum absolute atomic E-state index is 0.0129. The minimum Gasteiger partial charge on any atom is -0.394 e. The highest BCUT2D eigenvalue weighted by molar-refractivity contribution is 5.83. The predicted molar refractivity (Wildman–Crippen MR) is 71.3 cm³/mol. The maximum atomic E-state index is 11.9. The first-order chi connectivity index (χ1) is 8.56. The molecule has 4 nitrogen and oxygen atoms in total. The molecule has 4 heteroatoms. The largest absolute Gasteiger partial charge is 0.394 e. The Morgan fingerprint density at radius 3 is 2.44 bits per heavy atom. The van der Waals surface area contributed by atoms with Crippen LogP contribution < -0.4 is 5.32 Å². The molecule has 0 bridgehead atoms. The number of aliphatic hydroxyl groups is 1. The summed E-state index contributed by atoms with van der Waals surface area (Å²) in [5.41, 5.74) is -0.0592. The second-order valence-electron chi connectivity index (χ2n) is 6.28. The van der Waals surface area contributed by atoms with Crippen molar-refractivity contribution in [2.24, 2.45) is 0 Å². The third-order valence-electron chi connectivity index (χ3n) is 4.42. The zero-order valence-electron chi connectivity index (χ0n) is 11.6. The van der Waals surface area contributed by atoms with Crippen LogP contribution in [0.5, 0.6) is 0 Å². The van der Waals surface area contributed by atoms with E-state index in [1.54, 1.807) is 0 Å². The van der Waals surface area contributed by atoms with E-state index in [9.17, 15) is 9.90 Å². The van der Waals surface area contributed by atoms with Crippen LogP contribution in [0.15, 0.2) is 0 Å². The third-order valence-corrected chi connectivity index (χ3v) is 4.42. The minimum atomic E-state index is -0.364. The van der Waals surface area contributed by atoms with Gasteiger partial charge in [0, 0.05) is 18.1 Å². The third kappa shape index (κ3) is 2.69. The van der Waals surface area contributed by atoms with Gasteiger partial charge in [-0.05, 0) is 26.7 Å². The Morgan fingerprint density at radius 2 is 1.89 bits per heavy atom. The fraction of sp³-hybridized carbons (Fsp3) is 0.929. The first-order valence-electron chi connectivity index (χ1n) is 7.23. The fourth-order valence-electron chi connectivity index (χ4n) is 3.52. The maximum Gasteiger partial charge on any atom is 0.239 e. The van der Waals surface area contributed by atoms with Gasteiger partial charge in [0.2, 0.25) is 5.91 Å². The Hall–Kier alpha value is -0.610. The lowest BCUT2D eigenvalue weighted by Gasteiger charge is -2.50. The second-order valence-corrected chi connectivity index (χ2v) is 6.28. The molecule has 1 saturated heterocycles. The molecule has 2 fully saturated rings. The number of nitrogens with zero attached hydrogens (tertiary/aromatic N) is 1. The van der Waals surface area contributed by atoms with Crippen LogP contribution in [0.2, 0.25) is 0 Å². The predicted octanol–water partition coefficient (Wildman–Crippen LogP) is 1.28. The number of piperazine rings is 1. The molecule has 2 aliphatic rings. The number of hydrogen-bond donors (Lipinski definition) is 2. The first kappa shape index (κ1) is 13.8. The van der Waals surface area contributed by atoms with Gasteiger partial charge < -0.3 is 10.4 Å². The second kappa shape index (κ2) is 5.57. The Morgan fingerprint density at radius 1 is 1.28 bits per heavy atom. The monoisotopic (exact) mass is 254 g/mol. The molecule has 104 valence electrons. The van der Waals surface area contributed by atoms with Crippen molar-refractivity contribution in [3.8, 4) is 0 Å². The zero-order valence-corrected chi connectivity index (χ0v) is 11.6. The lowest BCUT2D eigenvalue weighted by Crippen LogP contribution is -2.69. The van der Waals surface area contributed by atoms with Crippen LogP contribution in [0.3, 0.4) is 0 Å². The number of amides is 1. The van der Waals surface area contributed by atoms with E-state index in [1.807, 2.05) is 0 Å². The number of carbonyl (C=O) groups is 1. The van der Waals surface area contributed by atoms with Gasteiger partial charge in [-0.3, -0.25) is 9.69 Å². The molecule has 1 heterocycles. The van der Waals surface area contributed by atoms with Gasteiger partial charge in [-0.25, -0.2) is 0 Å². The molecular weight excluding hydrogens is 228 g/mol. The molecule has 1 aliphatic carbocycles. The van der Waals surface area contributed by atoms with Gasteiger partial charge in [-0.1, -0.05) is 25.7 Å². The standard InChI is InChI=1S/C14H26N2O2/c1-14(2)10-15-13(18)12(9-17)16(14)11-7-5-3-4-6-8-11/h11-12,17H,3-10H2,1-2H3,(H,15,18). The number of rotatable bonds is 2. The van der Waals surface area contributed by atoms with Crippen molar-refractivity contribution in [3.05, 3.63) is 0 Å². The molecule has 1 saturated carbocycles. The highest BCUT2D eigenvalue weighted by Crippen LogP contribution is 2.31. The van der Waals surface area contributed by atoms with Gasteiger partial charge in [0.1, 0.15) is 6.04 Å². The summed E-state index contributed by atoms with van der Waals surface area (Å²) in [7, 11) is 0. The molecule has 18 heavy (non-hydrogen) atoms. The number of hydrogen-bond acceptors (Lipinski definition) is 3. The van der Waals surface area contributed by atoms with Crippen molar-refractivity contribution in [2.75, 3.05) is 13.2 Å². The Bertz CT molecular complexity index is 296. The van der Waals surface area contributed by atoms with E-state index in [4.69, 9.17) is 0 Å². The molecule has 1 aliphatic heterocycles. The molecule has 1 amide bonds. The van der Waals surface area contributed by atoms with Crippen LogP contribution in [0.25, 0.3) is 0 Å². The smallest absolute Gasteiger partial charge is 0.239 e. The van der Waals surface area contributed by atoms with Crippen molar-refractivity contribution in [1.29, 1.82) is 0 Å². The molecule has 1 unspecified atom stereocenters. The lowest BCUT2D eigenvalue weighted by molar-refractivity contribution is -0.140. The summed E-state index contributed by atoms with van der Waals surface area (Å²) in [6, 6.07) is 0.0857. The van der Waals surface area contributed by atoms with E-state index in [0.717, 1.165) is 12.8 Å². The number of aliphatic hydroxyl groups excluding tert-OH is 1. The van der Waals surface area contributed by atoms with Crippen LogP contribution in [0, 0.1) is 0 Å². The van der Waals surface area contributed by atoms with Gasteiger partial charge in [0.05, 0.1) is 6.61 Å². The van der Waals surface area contributed by atoms with E-state index >= 15 is 0 Å². The molecule has 0 radical (unpaired) electrons. The maximum absolute atomic E-state index is 11.9. The van der Waals surface area contributed by atoms with Crippen molar-refractivity contribution in [3.63, 3.8) is 0 Å². The van der Waals surface area contributed by atoms with Crippen molar-refractivity contribution in [2.45, 2.75) is 70.0 Å². The Kier molecular flexibility index (Phi) is 4.28. The average molecular weight is 254 g/mol. The van der Waals surface area contributed by atoms with Crippen molar-refractivity contribution in [1.82, 2.24) is 10.2 Å². The highest BCUT2D eigenvalue weighted by Gasteiger charge is 2.44. The van der Waals surface area contributed by atoms with Gasteiger partial charge in [0.25, 0.3) is 0 Å². The van der Waals surface area contributed by atoms with Crippen molar-refractivity contribution < 1.29 is 9.90 Å². The summed E-state index contributed by atoms with van der Waals surface area (Å²) in [6.07, 6.45) is 7.43. The zero-order chi connectivity index (χ0) is 13.2. The van der Waals surface area contributed by atoms with Gasteiger partial charge in [0.15, 0.2) is 0 Å². The van der Waals surface area contributed by atoms with E-state index < -0.39 is 0 Å². The van der Waals surface area contributed by atoms with E-state index in [0.29, 0.717) is 12.6 Å². The fourth-order valence-corrected chi connectivity index (χ4v) is 3.52. The Balaban J connectivity index is 2.19. The molecule has 2 N–H and O–H groups in total. The van der Waals surface area contributed by atoms with Crippen LogP contribution >= 0.6 is 0 Å². The Labute approximate surface area is 110 Å². The average Bonchev–Trinajstić information content (AvgIpc) is 2.60. The van der Waals surface area contributed by atoms with Gasteiger partial charge in [-0.2, -0.15) is 0 Å². The van der Waals surface area contributed by atoms with Crippen LogP contribution in [-0.4, -0.2) is 46.7 Å². The first-order valence-corrected chi connectivity index (χ1v) is 7.23. The topological polar surface area (TPSA) is 52.6 Å². The highest BCUT2D eigenvalue weighted by atomic mass is 16.3. The van der Waals surface area contributed by atoms with E-state index in [-0.39, 0.29) is 24.1 Å². The number of carbonyl (C=O) groups excluding carboxylic acids is 1. The summed E-state index contributed by atoms with van der Waals surface area (Å²) in [5.74, 6) is -0.0129. The molecule has 0 spiro atoms. The van der Waals surface area contributed by atoms with Gasteiger partial charge >= 0.3 is 0 Å². The quantitative estimate of drug-likeness (QED) is 0.730. The normalized spacial score (nSPS) is 30.8. The van der Waals surface area contributed by atoms with Gasteiger partial charge in [-0.15, -0.1) is 0 Å². The molecule has 0 aromatic carbocycles. The molecule has 2 rings (SSSR count). The molecule has 1 atom stereocenters. The summed E-state index contributed by atoms with van der Waals surface area (Å²) >= 11 is 0. The van der Waals surface area contributed by atoms with Crippen LogP contribution in [0.1, 0.15) is 52.4 Å². The summed E-state index contributed by atoms with van der Waals surface area (Å²) < 4.78 is 0. The summed E-state index contributed by atoms with van der Waals surface area (Å²) in [4.78, 5) is 14.2.